The number of aromatic nitrogens is 1. The Kier molecular flexibility index (Phi) is 6.86. The molecule has 27 heavy (non-hydrogen) atoms. The molecule has 1 saturated heterocycles. The number of hydrogen-bond donors (Lipinski definition) is 2. The molecule has 148 valence electrons. The smallest absolute Gasteiger partial charge is 0.328 e. The van der Waals surface area contributed by atoms with Crippen molar-refractivity contribution in [2.75, 3.05) is 19.4 Å². The van der Waals surface area contributed by atoms with E-state index in [-0.39, 0.29) is 24.6 Å². The molecule has 0 bridgehead atoms. The molecule has 1 aromatic rings. The first-order chi connectivity index (χ1) is 12.7. The van der Waals surface area contributed by atoms with Gasteiger partial charge in [-0.3, -0.25) is 15.0 Å². The number of carbonyl (C=O) groups is 3. The summed E-state index contributed by atoms with van der Waals surface area (Å²) in [6, 6.07) is 2.47. The maximum atomic E-state index is 12.6. The summed E-state index contributed by atoms with van der Waals surface area (Å²) in [7, 11) is -3.58. The van der Waals surface area contributed by atoms with Gasteiger partial charge in [0.25, 0.3) is 11.8 Å². The van der Waals surface area contributed by atoms with E-state index < -0.39 is 27.9 Å². The molecule has 0 aromatic carbocycles. The quantitative estimate of drug-likeness (QED) is 0.334. The summed E-state index contributed by atoms with van der Waals surface area (Å²) in [6.45, 7) is 2.38. The van der Waals surface area contributed by atoms with E-state index >= 15 is 0 Å². The zero-order valence-electron chi connectivity index (χ0n) is 15.2. The van der Waals surface area contributed by atoms with Crippen molar-refractivity contribution in [1.29, 1.82) is 0 Å². The van der Waals surface area contributed by atoms with E-state index in [0.717, 1.165) is 12.7 Å². The van der Waals surface area contributed by atoms with Gasteiger partial charge in [-0.2, -0.15) is 4.57 Å². The van der Waals surface area contributed by atoms with Gasteiger partial charge < -0.3 is 9.64 Å². The van der Waals surface area contributed by atoms with Crippen molar-refractivity contribution >= 4 is 27.8 Å². The average Bonchev–Trinajstić information content (AvgIpc) is 3.09. The van der Waals surface area contributed by atoms with Gasteiger partial charge in [-0.1, -0.05) is 0 Å². The normalized spacial score (nSPS) is 16.8. The largest absolute Gasteiger partial charge is 0.464 e. The molecule has 2 heterocycles. The second-order valence-corrected chi connectivity index (χ2v) is 7.84. The van der Waals surface area contributed by atoms with E-state index in [4.69, 9.17) is 4.74 Å². The minimum Gasteiger partial charge on any atom is -0.464 e. The molecular weight excluding hydrogens is 376 g/mol. The molecule has 0 aliphatic carbocycles. The lowest BCUT2D eigenvalue weighted by atomic mass is 10.2. The Labute approximate surface area is 157 Å². The second-order valence-electron chi connectivity index (χ2n) is 6.09. The summed E-state index contributed by atoms with van der Waals surface area (Å²) < 4.78 is 28.6. The Balaban J connectivity index is 2.03. The summed E-state index contributed by atoms with van der Waals surface area (Å²) in [5, 5.41) is 0. The van der Waals surface area contributed by atoms with Gasteiger partial charge in [0.2, 0.25) is 16.6 Å². The third-order valence-electron chi connectivity index (χ3n) is 3.92. The van der Waals surface area contributed by atoms with E-state index in [0.29, 0.717) is 13.0 Å². The molecule has 1 aliphatic rings. The summed E-state index contributed by atoms with van der Waals surface area (Å²) >= 11 is 0. The highest BCUT2D eigenvalue weighted by Gasteiger charge is 2.36. The van der Waals surface area contributed by atoms with E-state index in [1.807, 2.05) is 4.83 Å². The maximum absolute atomic E-state index is 12.6. The first kappa shape index (κ1) is 20.8. The van der Waals surface area contributed by atoms with Gasteiger partial charge in [-0.05, 0) is 25.8 Å². The van der Waals surface area contributed by atoms with Crippen LogP contribution in [0.1, 0.15) is 30.1 Å². The number of rotatable bonds is 7. The van der Waals surface area contributed by atoms with Crippen LogP contribution in [-0.4, -0.2) is 56.6 Å². The average molecular weight is 399 g/mol. The molecule has 0 saturated carbocycles. The number of nitrogens with one attached hydrogen (secondary N) is 2. The fraction of sp³-hybridized carbons (Fsp3) is 0.500. The Morgan fingerprint density at radius 1 is 1.37 bits per heavy atom. The van der Waals surface area contributed by atoms with Gasteiger partial charge >= 0.3 is 5.97 Å². The van der Waals surface area contributed by atoms with Crippen LogP contribution in [0.4, 0.5) is 0 Å². The first-order valence-electron chi connectivity index (χ1n) is 8.43. The number of likely N-dealkylation sites (tertiary alicyclic amines) is 1. The van der Waals surface area contributed by atoms with Crippen molar-refractivity contribution < 1.29 is 32.1 Å². The fourth-order valence-corrected chi connectivity index (χ4v) is 3.04. The first-order valence-corrected chi connectivity index (χ1v) is 10.3. The van der Waals surface area contributed by atoms with Crippen molar-refractivity contribution in [1.82, 2.24) is 15.2 Å². The molecule has 11 heteroatoms. The minimum atomic E-state index is -3.58. The van der Waals surface area contributed by atoms with Crippen molar-refractivity contribution in [2.24, 2.45) is 0 Å². The molecule has 2 N–H and O–H groups in total. The van der Waals surface area contributed by atoms with Crippen molar-refractivity contribution in [3.8, 4) is 0 Å². The van der Waals surface area contributed by atoms with Crippen LogP contribution in [0.2, 0.25) is 0 Å². The number of hydrogen-bond acceptors (Lipinski definition) is 6. The Bertz CT molecular complexity index is 826. The number of carbonyl (C=O) groups excluding carboxylic acids is 3. The van der Waals surface area contributed by atoms with E-state index in [9.17, 15) is 22.8 Å². The fourth-order valence-electron chi connectivity index (χ4n) is 2.76. The Morgan fingerprint density at radius 3 is 2.78 bits per heavy atom. The molecule has 0 spiro atoms. The van der Waals surface area contributed by atoms with Crippen molar-refractivity contribution in [3.63, 3.8) is 0 Å². The van der Waals surface area contributed by atoms with E-state index in [2.05, 4.69) is 5.43 Å². The third kappa shape index (κ3) is 6.00. The van der Waals surface area contributed by atoms with Crippen LogP contribution in [-0.2, 0) is 30.9 Å². The molecule has 1 atom stereocenters. The Morgan fingerprint density at radius 2 is 2.11 bits per heavy atom. The number of amides is 2. The predicted octanol–water partition coefficient (Wildman–Crippen LogP) is -1.28. The van der Waals surface area contributed by atoms with Gasteiger partial charge in [0.15, 0.2) is 12.4 Å². The van der Waals surface area contributed by atoms with Gasteiger partial charge in [0.1, 0.15) is 11.6 Å². The number of pyridine rings is 1. The second kappa shape index (κ2) is 8.91. The topological polar surface area (TPSA) is 126 Å². The molecule has 2 amide bonds. The lowest BCUT2D eigenvalue weighted by Crippen LogP contribution is -2.49. The zero-order valence-corrected chi connectivity index (χ0v) is 16.0. The summed E-state index contributed by atoms with van der Waals surface area (Å²) in [6.07, 6.45) is 5.22. The molecule has 1 unspecified atom stereocenters. The molecule has 0 radical (unpaired) electrons. The zero-order chi connectivity index (χ0) is 20.0. The summed E-state index contributed by atoms with van der Waals surface area (Å²) in [5.41, 5.74) is 2.23. The van der Waals surface area contributed by atoms with Gasteiger partial charge in [-0.25, -0.2) is 13.2 Å². The van der Waals surface area contributed by atoms with Crippen LogP contribution in [0.15, 0.2) is 24.5 Å². The maximum Gasteiger partial charge on any atom is 0.328 e. The van der Waals surface area contributed by atoms with Crippen LogP contribution in [0, 0.1) is 0 Å². The number of ether oxygens (including phenoxy) is 1. The molecule has 1 aromatic heterocycles. The molecule has 2 rings (SSSR count). The number of esters is 1. The van der Waals surface area contributed by atoms with E-state index in [1.165, 1.54) is 21.7 Å². The lowest BCUT2D eigenvalue weighted by molar-refractivity contribution is -0.685. The van der Waals surface area contributed by atoms with Crippen LogP contribution in [0.5, 0.6) is 0 Å². The van der Waals surface area contributed by atoms with Crippen LogP contribution in [0.25, 0.3) is 0 Å². The molecule has 10 nitrogen and oxygen atoms in total. The number of sulfonamides is 1. The SMILES string of the molecule is CCOC(=O)C1CCCN1C(=O)C[n+]1cccc(C(=O)NNS(C)(=O)=O)c1. The van der Waals surface area contributed by atoms with Gasteiger partial charge in [0.05, 0.1) is 12.9 Å². The third-order valence-corrected chi connectivity index (χ3v) is 4.39. The minimum absolute atomic E-state index is 0.0590. The standard InChI is InChI=1S/C16H22N4O6S/c1-3-26-16(23)13-7-5-9-20(13)14(21)11-19-8-4-6-12(10-19)15(22)17-18-27(2,24)25/h4,6,8,10,13,18H,3,5,7,9,11H2,1-2H3/p+1. The highest BCUT2D eigenvalue weighted by Crippen LogP contribution is 2.18. The number of hydrazine groups is 1. The highest BCUT2D eigenvalue weighted by atomic mass is 32.2. The van der Waals surface area contributed by atoms with Crippen molar-refractivity contribution in [3.05, 3.63) is 30.1 Å². The van der Waals surface area contributed by atoms with Gasteiger partial charge in [0, 0.05) is 12.6 Å². The molecular formula is C16H23N4O6S+. The van der Waals surface area contributed by atoms with Crippen LogP contribution >= 0.6 is 0 Å². The lowest BCUT2D eigenvalue weighted by Gasteiger charge is -2.21. The monoisotopic (exact) mass is 399 g/mol. The predicted molar refractivity (Wildman–Crippen MR) is 93.5 cm³/mol. The molecule has 1 aliphatic heterocycles. The van der Waals surface area contributed by atoms with Gasteiger partial charge in [-0.15, -0.1) is 4.83 Å². The summed E-state index contributed by atoms with van der Waals surface area (Å²) in [5.74, 6) is -1.33. The van der Waals surface area contributed by atoms with E-state index in [1.54, 1.807) is 19.2 Å². The van der Waals surface area contributed by atoms with Crippen LogP contribution in [0.3, 0.4) is 0 Å². The summed E-state index contributed by atoms with van der Waals surface area (Å²) in [4.78, 5) is 39.9. The Hall–Kier alpha value is -2.53. The molecule has 1 fully saturated rings. The van der Waals surface area contributed by atoms with Crippen LogP contribution < -0.4 is 14.8 Å². The number of nitrogens with zero attached hydrogens (tertiary/aromatic N) is 2. The highest BCUT2D eigenvalue weighted by molar-refractivity contribution is 7.88. The van der Waals surface area contributed by atoms with Crippen molar-refractivity contribution in [2.45, 2.75) is 32.4 Å².